The molecule has 0 atom stereocenters. The zero-order valence-corrected chi connectivity index (χ0v) is 22.3. The van der Waals surface area contributed by atoms with Gasteiger partial charge in [-0.3, -0.25) is 9.47 Å². The fourth-order valence-corrected chi connectivity index (χ4v) is 5.54. The number of nitriles is 1. The largest absolute Gasteiger partial charge is 0.469 e. The highest BCUT2D eigenvalue weighted by atomic mass is 16.5. The minimum atomic E-state index is 0.189. The molecule has 10 heteroatoms. The number of nitrogens with zero attached hydrogens (tertiary/aromatic N) is 8. The summed E-state index contributed by atoms with van der Waals surface area (Å²) in [4.78, 5) is 24.3. The number of rotatable bonds is 6. The van der Waals surface area contributed by atoms with Crippen molar-refractivity contribution in [1.82, 2.24) is 34.4 Å². The van der Waals surface area contributed by atoms with Gasteiger partial charge in [0.2, 0.25) is 5.82 Å². The molecule has 202 valence electrons. The van der Waals surface area contributed by atoms with E-state index in [0.29, 0.717) is 30.0 Å². The van der Waals surface area contributed by atoms with E-state index in [1.807, 2.05) is 30.3 Å². The summed E-state index contributed by atoms with van der Waals surface area (Å²) in [5, 5.41) is 12.5. The van der Waals surface area contributed by atoms with E-state index in [4.69, 9.17) is 15.0 Å². The van der Waals surface area contributed by atoms with Gasteiger partial charge in [0.25, 0.3) is 0 Å². The van der Waals surface area contributed by atoms with Gasteiger partial charge >= 0.3 is 0 Å². The van der Waals surface area contributed by atoms with E-state index < -0.39 is 0 Å². The molecule has 41 heavy (non-hydrogen) atoms. The molecular formula is C31H27N9O. The lowest BCUT2D eigenvalue weighted by Crippen LogP contribution is -2.38. The Morgan fingerprint density at radius 1 is 0.927 bits per heavy atom. The number of aromatic nitrogens is 6. The molecule has 7 rings (SSSR count). The van der Waals surface area contributed by atoms with Gasteiger partial charge in [-0.05, 0) is 24.5 Å². The molecule has 0 bridgehead atoms. The maximum absolute atomic E-state index is 9.04. The molecule has 0 unspecified atom stereocenters. The molecule has 2 aliphatic heterocycles. The van der Waals surface area contributed by atoms with Gasteiger partial charge in [-0.2, -0.15) is 5.26 Å². The van der Waals surface area contributed by atoms with Crippen molar-refractivity contribution in [3.8, 4) is 45.9 Å². The first-order valence-corrected chi connectivity index (χ1v) is 13.7. The van der Waals surface area contributed by atoms with E-state index in [9.17, 15) is 0 Å². The summed E-state index contributed by atoms with van der Waals surface area (Å²) >= 11 is 0. The summed E-state index contributed by atoms with van der Waals surface area (Å²) in [7, 11) is 0. The first kappa shape index (κ1) is 24.9. The summed E-state index contributed by atoms with van der Waals surface area (Å²) in [5.41, 5.74) is 6.01. The molecule has 5 aromatic rings. The number of nitrogens with one attached hydrogen (secondary N) is 1. The van der Waals surface area contributed by atoms with E-state index >= 15 is 0 Å². The van der Waals surface area contributed by atoms with Gasteiger partial charge in [0.15, 0.2) is 24.0 Å². The van der Waals surface area contributed by atoms with Gasteiger partial charge in [-0.15, -0.1) is 0 Å². The van der Waals surface area contributed by atoms with E-state index in [2.05, 4.69) is 71.1 Å². The topological polar surface area (TPSA) is 118 Å². The highest BCUT2D eigenvalue weighted by molar-refractivity contribution is 5.82. The van der Waals surface area contributed by atoms with Crippen molar-refractivity contribution in [1.29, 1.82) is 5.26 Å². The van der Waals surface area contributed by atoms with E-state index in [0.717, 1.165) is 60.8 Å². The number of anilines is 1. The number of benzene rings is 2. The van der Waals surface area contributed by atoms with Crippen LogP contribution in [0.2, 0.25) is 0 Å². The van der Waals surface area contributed by atoms with Crippen LogP contribution < -0.4 is 10.1 Å². The van der Waals surface area contributed by atoms with Crippen molar-refractivity contribution in [2.24, 2.45) is 0 Å². The quantitative estimate of drug-likeness (QED) is 0.325. The molecule has 1 N–H and O–H groups in total. The van der Waals surface area contributed by atoms with Crippen LogP contribution in [0.5, 0.6) is 5.75 Å². The van der Waals surface area contributed by atoms with Crippen molar-refractivity contribution >= 4 is 5.82 Å². The number of imidazole rings is 1. The highest BCUT2D eigenvalue weighted by Gasteiger charge is 2.27. The number of likely N-dealkylation sites (tertiary alicyclic amines) is 1. The fraction of sp³-hybridized carbons (Fsp3) is 0.226. The van der Waals surface area contributed by atoms with Crippen LogP contribution >= 0.6 is 0 Å². The number of fused-ring (bicyclic) bond motifs is 3. The minimum absolute atomic E-state index is 0.189. The Balaban J connectivity index is 1.08. The maximum Gasteiger partial charge on any atom is 0.234 e. The average molecular weight is 542 g/mol. The third kappa shape index (κ3) is 4.99. The van der Waals surface area contributed by atoms with Gasteiger partial charge in [0, 0.05) is 43.0 Å². The second kappa shape index (κ2) is 10.8. The number of ether oxygens (including phenoxy) is 1. The van der Waals surface area contributed by atoms with Crippen LogP contribution in [-0.4, -0.2) is 53.5 Å². The first-order chi connectivity index (χ1) is 20.2. The van der Waals surface area contributed by atoms with Gasteiger partial charge in [0.05, 0.1) is 17.6 Å². The third-order valence-electron chi connectivity index (χ3n) is 7.58. The molecule has 1 fully saturated rings. The molecular weight excluding hydrogens is 514 g/mol. The lowest BCUT2D eigenvalue weighted by atomic mass is 10.0. The third-order valence-corrected chi connectivity index (χ3v) is 7.58. The Labute approximate surface area is 237 Å². The Morgan fingerprint density at radius 2 is 1.76 bits per heavy atom. The Hall–Kier alpha value is -5.14. The molecule has 5 heterocycles. The minimum Gasteiger partial charge on any atom is -0.469 e. The average Bonchev–Trinajstić information content (AvgIpc) is 3.43. The van der Waals surface area contributed by atoms with Crippen molar-refractivity contribution in [3.63, 3.8) is 0 Å². The monoisotopic (exact) mass is 541 g/mol. The number of hydrogen-bond donors (Lipinski definition) is 1. The van der Waals surface area contributed by atoms with Crippen LogP contribution in [0.4, 0.5) is 5.82 Å². The van der Waals surface area contributed by atoms with E-state index in [1.54, 1.807) is 12.4 Å². The number of piperidine rings is 1. The molecule has 3 aromatic heterocycles. The van der Waals surface area contributed by atoms with Crippen molar-refractivity contribution in [2.75, 3.05) is 18.4 Å². The van der Waals surface area contributed by atoms with Crippen molar-refractivity contribution in [2.45, 2.75) is 32.2 Å². The van der Waals surface area contributed by atoms with Crippen LogP contribution in [0.3, 0.4) is 0 Å². The Kier molecular flexibility index (Phi) is 6.55. The summed E-state index contributed by atoms with van der Waals surface area (Å²) in [6, 6.07) is 23.2. The van der Waals surface area contributed by atoms with E-state index in [-0.39, 0.29) is 5.82 Å². The van der Waals surface area contributed by atoms with Crippen LogP contribution in [0.1, 0.15) is 24.2 Å². The maximum atomic E-state index is 9.04. The molecule has 2 aromatic carbocycles. The molecule has 0 aliphatic carbocycles. The molecule has 0 amide bonds. The normalized spacial score (nSPS) is 14.9. The summed E-state index contributed by atoms with van der Waals surface area (Å²) in [6.45, 7) is 3.22. The molecule has 0 spiro atoms. The number of hydrogen-bond acceptors (Lipinski definition) is 9. The molecule has 10 nitrogen and oxygen atoms in total. The fourth-order valence-electron chi connectivity index (χ4n) is 5.54. The molecule has 2 aliphatic rings. The second-order valence-electron chi connectivity index (χ2n) is 10.2. The predicted octanol–water partition coefficient (Wildman–Crippen LogP) is 4.76. The molecule has 0 radical (unpaired) electrons. The lowest BCUT2D eigenvalue weighted by Gasteiger charge is -2.32. The zero-order chi connectivity index (χ0) is 27.6. The SMILES string of the molecule is N#Cc1nccc(NC2CCN(Cc3ccc(-c4nc5n(c4-c4ccccc4)COc4cncnc4-5)cc3)CC2)n1. The molecule has 0 saturated carbocycles. The van der Waals surface area contributed by atoms with Gasteiger partial charge in [-0.25, -0.2) is 24.9 Å². The summed E-state index contributed by atoms with van der Waals surface area (Å²) < 4.78 is 8.08. The van der Waals surface area contributed by atoms with Crippen LogP contribution in [-0.2, 0) is 13.3 Å². The first-order valence-electron chi connectivity index (χ1n) is 13.7. The lowest BCUT2D eigenvalue weighted by molar-refractivity contribution is 0.211. The van der Waals surface area contributed by atoms with Gasteiger partial charge in [-0.1, -0.05) is 54.6 Å². The van der Waals surface area contributed by atoms with Gasteiger partial charge < -0.3 is 10.1 Å². The van der Waals surface area contributed by atoms with Crippen molar-refractivity contribution in [3.05, 3.63) is 90.8 Å². The second-order valence-corrected chi connectivity index (χ2v) is 10.2. The standard InChI is InChI=1S/C31H27N9O/c32-16-27-34-13-10-26(37-27)36-24-11-14-39(15-12-24)18-21-6-8-22(9-7-21)28-30(23-4-2-1-3-5-23)40-20-41-25-17-33-19-35-29(25)31(40)38-28/h1-10,13,17,19,24H,11-12,14-15,18,20H2,(H,34,36,37). The summed E-state index contributed by atoms with van der Waals surface area (Å²) in [5.74, 6) is 2.34. The van der Waals surface area contributed by atoms with Crippen LogP contribution in [0, 0.1) is 11.3 Å². The summed E-state index contributed by atoms with van der Waals surface area (Å²) in [6.07, 6.45) is 6.87. The van der Waals surface area contributed by atoms with Gasteiger partial charge in [0.1, 0.15) is 18.2 Å². The smallest absolute Gasteiger partial charge is 0.234 e. The molecule has 1 saturated heterocycles. The van der Waals surface area contributed by atoms with Crippen LogP contribution in [0.25, 0.3) is 34.0 Å². The van der Waals surface area contributed by atoms with Crippen LogP contribution in [0.15, 0.2) is 79.4 Å². The Morgan fingerprint density at radius 3 is 2.56 bits per heavy atom. The predicted molar refractivity (Wildman–Crippen MR) is 153 cm³/mol. The van der Waals surface area contributed by atoms with Crippen molar-refractivity contribution < 1.29 is 4.74 Å². The Bertz CT molecular complexity index is 1720. The zero-order valence-electron chi connectivity index (χ0n) is 22.3. The van der Waals surface area contributed by atoms with E-state index in [1.165, 1.54) is 11.9 Å². The highest BCUT2D eigenvalue weighted by Crippen LogP contribution is 2.40.